The first kappa shape index (κ1) is 21.2. The van der Waals surface area contributed by atoms with Crippen molar-refractivity contribution in [1.82, 2.24) is 14.8 Å². The second-order valence-electron chi connectivity index (χ2n) is 9.50. The lowest BCUT2D eigenvalue weighted by molar-refractivity contribution is -0.123. The van der Waals surface area contributed by atoms with Crippen LogP contribution in [-0.4, -0.2) is 64.8 Å². The number of para-hydroxylation sites is 2. The van der Waals surface area contributed by atoms with E-state index in [0.29, 0.717) is 29.5 Å². The van der Waals surface area contributed by atoms with Crippen LogP contribution in [0.25, 0.3) is 11.1 Å². The number of hydrogen-bond donors (Lipinski definition) is 2. The van der Waals surface area contributed by atoms with E-state index in [9.17, 15) is 9.59 Å². The molecule has 0 radical (unpaired) electrons. The number of likely N-dealkylation sites (tertiary alicyclic amines) is 1. The lowest BCUT2D eigenvalue weighted by atomic mass is 9.73. The first-order valence-electron chi connectivity index (χ1n) is 11.4. The van der Waals surface area contributed by atoms with Crippen LogP contribution in [-0.2, 0) is 20.9 Å². The van der Waals surface area contributed by atoms with Gasteiger partial charge in [0.15, 0.2) is 5.58 Å². The second kappa shape index (κ2) is 8.37. The Bertz CT molecular complexity index is 1060. The zero-order valence-electron chi connectivity index (χ0n) is 17.9. The maximum Gasteiger partial charge on any atom is 0.420 e. The molecule has 2 N–H and O–H groups in total. The molecule has 3 aliphatic heterocycles. The first-order chi connectivity index (χ1) is 15.5. The lowest BCUT2D eigenvalue weighted by Crippen LogP contribution is -2.42. The summed E-state index contributed by atoms with van der Waals surface area (Å²) in [5.74, 6) is 1.13. The number of carbonyl (C=O) groups excluding carboxylic acids is 1. The summed E-state index contributed by atoms with van der Waals surface area (Å²) in [4.78, 5) is 35.7. The van der Waals surface area contributed by atoms with Gasteiger partial charge in [0, 0.05) is 38.0 Å². The largest absolute Gasteiger partial charge is 0.483 e. The van der Waals surface area contributed by atoms with Crippen LogP contribution in [0, 0.1) is 17.8 Å². The maximum atomic E-state index is 12.6. The zero-order chi connectivity index (χ0) is 22.3. The number of carboxylic acid groups (broad SMARTS) is 1. The first-order valence-corrected chi connectivity index (χ1v) is 11.4. The van der Waals surface area contributed by atoms with Crippen LogP contribution in [0.1, 0.15) is 25.7 Å². The van der Waals surface area contributed by atoms with Crippen molar-refractivity contribution in [2.24, 2.45) is 17.8 Å². The number of oxazole rings is 1. The summed E-state index contributed by atoms with van der Waals surface area (Å²) < 4.78 is 13.1. The van der Waals surface area contributed by atoms with Crippen LogP contribution in [0.15, 0.2) is 33.5 Å². The monoisotopic (exact) mass is 443 g/mol. The SMILES string of the molecule is O=C(Cn1c(=O)oc2ccccc21)NC[C@H]1[C@H]2CN(CC3CC3)C[C@]23CC[C@H]1O3.O=CO. The Balaban J connectivity index is 0.000000684. The normalized spacial score (nSPS) is 30.7. The van der Waals surface area contributed by atoms with Gasteiger partial charge in [0.05, 0.1) is 17.2 Å². The fourth-order valence-corrected chi connectivity index (χ4v) is 5.96. The number of benzene rings is 1. The molecular formula is C23H29N3O6. The summed E-state index contributed by atoms with van der Waals surface area (Å²) in [7, 11) is 0. The summed E-state index contributed by atoms with van der Waals surface area (Å²) in [5, 5.41) is 9.97. The van der Waals surface area contributed by atoms with Crippen molar-refractivity contribution >= 4 is 23.5 Å². The van der Waals surface area contributed by atoms with Crippen molar-refractivity contribution in [3.05, 3.63) is 34.8 Å². The molecule has 0 unspecified atom stereocenters. The fraction of sp³-hybridized carbons (Fsp3) is 0.609. The van der Waals surface area contributed by atoms with Crippen molar-refractivity contribution in [1.29, 1.82) is 0 Å². The van der Waals surface area contributed by atoms with Crippen LogP contribution in [0.3, 0.4) is 0 Å². The van der Waals surface area contributed by atoms with Gasteiger partial charge in [-0.25, -0.2) is 4.79 Å². The molecule has 4 fully saturated rings. The van der Waals surface area contributed by atoms with Crippen LogP contribution in [0.2, 0.25) is 0 Å². The van der Waals surface area contributed by atoms with E-state index in [1.165, 1.54) is 24.0 Å². The van der Waals surface area contributed by atoms with Crippen LogP contribution >= 0.6 is 0 Å². The van der Waals surface area contributed by atoms with E-state index >= 15 is 0 Å². The third kappa shape index (κ3) is 3.84. The molecule has 6 rings (SSSR count). The third-order valence-electron chi connectivity index (χ3n) is 7.48. The molecule has 4 atom stereocenters. The Kier molecular flexibility index (Phi) is 5.54. The molecule has 1 aliphatic carbocycles. The number of fused-ring (bicyclic) bond motifs is 2. The third-order valence-corrected chi connectivity index (χ3v) is 7.48. The molecule has 9 heteroatoms. The molecule has 172 valence electrons. The minimum absolute atomic E-state index is 0.0162. The van der Waals surface area contributed by atoms with E-state index in [4.69, 9.17) is 19.1 Å². The molecule has 4 aliphatic rings. The molecule has 1 saturated carbocycles. The van der Waals surface area contributed by atoms with E-state index in [1.807, 2.05) is 12.1 Å². The Morgan fingerprint density at radius 2 is 2.06 bits per heavy atom. The predicted molar refractivity (Wildman–Crippen MR) is 115 cm³/mol. The minimum atomic E-state index is -0.491. The van der Waals surface area contributed by atoms with Gasteiger partial charge in [-0.1, -0.05) is 12.1 Å². The van der Waals surface area contributed by atoms with E-state index in [0.717, 1.165) is 31.8 Å². The Hall–Kier alpha value is -2.65. The van der Waals surface area contributed by atoms with Crippen molar-refractivity contribution < 1.29 is 23.8 Å². The van der Waals surface area contributed by atoms with Crippen LogP contribution in [0.4, 0.5) is 0 Å². The van der Waals surface area contributed by atoms with Crippen LogP contribution < -0.4 is 11.1 Å². The highest BCUT2D eigenvalue weighted by Gasteiger charge is 2.62. The molecule has 3 saturated heterocycles. The second-order valence-corrected chi connectivity index (χ2v) is 9.50. The van der Waals surface area contributed by atoms with Crippen molar-refractivity contribution in [2.45, 2.75) is 43.9 Å². The highest BCUT2D eigenvalue weighted by atomic mass is 16.5. The highest BCUT2D eigenvalue weighted by molar-refractivity contribution is 5.79. The number of aromatic nitrogens is 1. The van der Waals surface area contributed by atoms with Gasteiger partial charge in [-0.05, 0) is 43.7 Å². The average Bonchev–Trinajstić information content (AvgIpc) is 3.12. The smallest absolute Gasteiger partial charge is 0.420 e. The maximum absolute atomic E-state index is 12.6. The number of nitrogens with one attached hydrogen (secondary N) is 1. The molecule has 2 aromatic rings. The molecule has 1 spiro atoms. The van der Waals surface area contributed by atoms with E-state index in [1.54, 1.807) is 12.1 Å². The van der Waals surface area contributed by atoms with Gasteiger partial charge < -0.3 is 19.6 Å². The molecule has 4 heterocycles. The van der Waals surface area contributed by atoms with Crippen molar-refractivity contribution in [2.75, 3.05) is 26.2 Å². The molecule has 9 nitrogen and oxygen atoms in total. The zero-order valence-corrected chi connectivity index (χ0v) is 17.9. The van der Waals surface area contributed by atoms with Gasteiger partial charge in [-0.15, -0.1) is 0 Å². The number of hydrogen-bond acceptors (Lipinski definition) is 6. The van der Waals surface area contributed by atoms with Gasteiger partial charge in [-0.3, -0.25) is 19.1 Å². The number of rotatable bonds is 6. The quantitative estimate of drug-likeness (QED) is 0.647. The summed E-state index contributed by atoms with van der Waals surface area (Å²) in [6.45, 7) is 3.72. The summed E-state index contributed by atoms with van der Waals surface area (Å²) >= 11 is 0. The summed E-state index contributed by atoms with van der Waals surface area (Å²) in [5.41, 5.74) is 1.18. The molecule has 1 aromatic heterocycles. The number of carbonyl (C=O) groups is 2. The topological polar surface area (TPSA) is 114 Å². The van der Waals surface area contributed by atoms with Crippen molar-refractivity contribution in [3.8, 4) is 0 Å². The fourth-order valence-electron chi connectivity index (χ4n) is 5.96. The lowest BCUT2D eigenvalue weighted by Gasteiger charge is -2.29. The van der Waals surface area contributed by atoms with Gasteiger partial charge in [0.1, 0.15) is 6.54 Å². The minimum Gasteiger partial charge on any atom is -0.483 e. The Morgan fingerprint density at radius 1 is 1.28 bits per heavy atom. The van der Waals surface area contributed by atoms with E-state index < -0.39 is 5.76 Å². The summed E-state index contributed by atoms with van der Waals surface area (Å²) in [6.07, 6.45) is 5.27. The molecule has 1 aromatic carbocycles. The van der Waals surface area contributed by atoms with Gasteiger partial charge in [-0.2, -0.15) is 0 Å². The van der Waals surface area contributed by atoms with Gasteiger partial charge >= 0.3 is 5.76 Å². The van der Waals surface area contributed by atoms with E-state index in [-0.39, 0.29) is 30.6 Å². The number of nitrogens with zero attached hydrogens (tertiary/aromatic N) is 2. The van der Waals surface area contributed by atoms with Crippen LogP contribution in [0.5, 0.6) is 0 Å². The van der Waals surface area contributed by atoms with Crippen molar-refractivity contribution in [3.63, 3.8) is 0 Å². The average molecular weight is 444 g/mol. The summed E-state index contributed by atoms with van der Waals surface area (Å²) in [6, 6.07) is 7.19. The number of ether oxygens (including phenoxy) is 1. The molecule has 32 heavy (non-hydrogen) atoms. The highest BCUT2D eigenvalue weighted by Crippen LogP contribution is 2.55. The van der Waals surface area contributed by atoms with E-state index in [2.05, 4.69) is 10.2 Å². The predicted octanol–water partition coefficient (Wildman–Crippen LogP) is 1.30. The number of amides is 1. The molecule has 2 bridgehead atoms. The standard InChI is InChI=1S/C22H27N3O4.CH2O2/c26-20(12-25-17-3-1-2-4-19(17)28-21(25)27)23-9-15-16-11-24(10-14-5-6-14)13-22(16)8-7-18(15)29-22;2-1-3/h1-4,14-16,18H,5-13H2,(H,23,26);1H,(H,2,3)/t15-,16+,18+,22+;/m0./s1. The molecule has 1 amide bonds. The van der Waals surface area contributed by atoms with Gasteiger partial charge in [0.25, 0.3) is 6.47 Å². The Labute approximate surface area is 185 Å². The van der Waals surface area contributed by atoms with Gasteiger partial charge in [0.2, 0.25) is 5.91 Å². The molecular weight excluding hydrogens is 414 g/mol. The Morgan fingerprint density at radius 3 is 2.84 bits per heavy atom.